The number of nitrogens with zero attached hydrogens (tertiary/aromatic N) is 3. The zero-order valence-electron chi connectivity index (χ0n) is 24.8. The molecule has 1 N–H and O–H groups in total. The summed E-state index contributed by atoms with van der Waals surface area (Å²) in [6.07, 6.45) is 4.76. The summed E-state index contributed by atoms with van der Waals surface area (Å²) in [7, 11) is 0. The summed E-state index contributed by atoms with van der Waals surface area (Å²) in [6, 6.07) is 8.55. The molecule has 1 atom stereocenters. The van der Waals surface area contributed by atoms with E-state index in [0.717, 1.165) is 29.5 Å². The molecule has 3 aromatic rings. The largest absolute Gasteiger partial charge is 0.462 e. The molecule has 0 unspecified atom stereocenters. The van der Waals surface area contributed by atoms with Gasteiger partial charge in [0.2, 0.25) is 0 Å². The maximum absolute atomic E-state index is 13.2. The van der Waals surface area contributed by atoms with Crippen LogP contribution in [-0.2, 0) is 16.7 Å². The van der Waals surface area contributed by atoms with Gasteiger partial charge in [0.15, 0.2) is 16.8 Å². The summed E-state index contributed by atoms with van der Waals surface area (Å²) in [5.74, 6) is 0.973. The molecule has 0 saturated carbocycles. The molecule has 1 aromatic carbocycles. The number of aryl methyl sites for hydroxylation is 1. The Morgan fingerprint density at radius 1 is 1.08 bits per heavy atom. The van der Waals surface area contributed by atoms with E-state index in [0.29, 0.717) is 28.4 Å². The highest BCUT2D eigenvalue weighted by molar-refractivity contribution is 7.99. The van der Waals surface area contributed by atoms with Gasteiger partial charge in [0.05, 0.1) is 23.6 Å². The molecule has 0 fully saturated rings. The van der Waals surface area contributed by atoms with Gasteiger partial charge in [0, 0.05) is 17.8 Å². The Morgan fingerprint density at radius 2 is 1.77 bits per heavy atom. The second-order valence-electron chi connectivity index (χ2n) is 11.4. The first kappa shape index (κ1) is 30.7. The number of H-pyrrole nitrogens is 1. The van der Waals surface area contributed by atoms with E-state index in [2.05, 4.69) is 78.6 Å². The highest BCUT2D eigenvalue weighted by Crippen LogP contribution is 2.30. The van der Waals surface area contributed by atoms with Gasteiger partial charge in [-0.05, 0) is 49.7 Å². The Morgan fingerprint density at radius 3 is 2.38 bits per heavy atom. The van der Waals surface area contributed by atoms with Gasteiger partial charge in [-0.1, -0.05) is 89.9 Å². The van der Waals surface area contributed by atoms with Crippen LogP contribution in [0.25, 0.3) is 11.4 Å². The molecule has 0 radical (unpaired) electrons. The van der Waals surface area contributed by atoms with E-state index in [1.54, 1.807) is 20.8 Å². The number of benzene rings is 1. The molecule has 2 aromatic heterocycles. The molecular weight excluding hydrogens is 508 g/mol. The van der Waals surface area contributed by atoms with Crippen molar-refractivity contribution in [3.8, 4) is 11.4 Å². The maximum Gasteiger partial charge on any atom is 0.340 e. The first-order chi connectivity index (χ1) is 18.5. The number of Topliss-reactive ketones (excluding diaryl/α,β-unsaturated/α-hetero) is 1. The quantitative estimate of drug-likeness (QED) is 0.102. The van der Waals surface area contributed by atoms with Crippen molar-refractivity contribution < 1.29 is 14.3 Å². The second-order valence-corrected chi connectivity index (χ2v) is 12.3. The Balaban J connectivity index is 1.85. The molecule has 0 spiro atoms. The van der Waals surface area contributed by atoms with Crippen LogP contribution in [0.5, 0.6) is 0 Å². The van der Waals surface area contributed by atoms with Gasteiger partial charge in [-0.25, -0.2) is 4.79 Å². The van der Waals surface area contributed by atoms with Crippen molar-refractivity contribution in [3.05, 3.63) is 52.3 Å². The van der Waals surface area contributed by atoms with Gasteiger partial charge in [-0.3, -0.25) is 4.79 Å². The van der Waals surface area contributed by atoms with Crippen LogP contribution in [0.3, 0.4) is 0 Å². The molecule has 0 amide bonds. The minimum atomic E-state index is -0.408. The fraction of sp³-hybridized carbons (Fsp3) is 0.548. The second kappa shape index (κ2) is 13.5. The van der Waals surface area contributed by atoms with Crippen molar-refractivity contribution in [2.75, 3.05) is 12.4 Å². The van der Waals surface area contributed by atoms with E-state index in [4.69, 9.17) is 4.74 Å². The van der Waals surface area contributed by atoms with Crippen LogP contribution in [0.15, 0.2) is 29.4 Å². The third kappa shape index (κ3) is 7.62. The Bertz CT molecular complexity index is 1270. The van der Waals surface area contributed by atoms with Gasteiger partial charge in [0.1, 0.15) is 0 Å². The first-order valence-electron chi connectivity index (χ1n) is 14.0. The minimum absolute atomic E-state index is 0.0722. The maximum atomic E-state index is 13.2. The van der Waals surface area contributed by atoms with Crippen molar-refractivity contribution in [2.45, 2.75) is 98.2 Å². The zero-order valence-corrected chi connectivity index (χ0v) is 25.6. The van der Waals surface area contributed by atoms with E-state index < -0.39 is 5.97 Å². The molecule has 0 aliphatic heterocycles. The summed E-state index contributed by atoms with van der Waals surface area (Å²) in [5, 5.41) is 9.81. The standard InChI is InChI=1S/C31H44N4O3S/c1-9-11-12-13-20(3)18-35-28(23-14-16-24(17-15-23)31(6,7)8)33-34-30(35)39-19-25(36)27-21(4)26(22(5)32-27)29(37)38-10-2/h14-17,20,32H,9-13,18-19H2,1-8H3/t20-/m1/s1. The lowest BCUT2D eigenvalue weighted by molar-refractivity contribution is 0.0525. The summed E-state index contributed by atoms with van der Waals surface area (Å²) >= 11 is 1.39. The van der Waals surface area contributed by atoms with Crippen LogP contribution in [0, 0.1) is 19.8 Å². The Hall–Kier alpha value is -2.87. The van der Waals surface area contributed by atoms with Crippen LogP contribution in [-0.4, -0.2) is 43.9 Å². The number of ether oxygens (including phenoxy) is 1. The van der Waals surface area contributed by atoms with Crippen LogP contribution in [0.1, 0.15) is 105 Å². The topological polar surface area (TPSA) is 89.9 Å². The fourth-order valence-corrected chi connectivity index (χ4v) is 5.60. The van der Waals surface area contributed by atoms with Crippen LogP contribution in [0.2, 0.25) is 0 Å². The monoisotopic (exact) mass is 552 g/mol. The van der Waals surface area contributed by atoms with Crippen LogP contribution in [0.4, 0.5) is 0 Å². The highest BCUT2D eigenvalue weighted by Gasteiger charge is 2.24. The molecule has 0 bridgehead atoms. The molecule has 0 saturated heterocycles. The van der Waals surface area contributed by atoms with Crippen LogP contribution >= 0.6 is 11.8 Å². The average molecular weight is 553 g/mol. The molecule has 8 heteroatoms. The number of esters is 1. The van der Waals surface area contributed by atoms with Crippen LogP contribution < -0.4 is 0 Å². The minimum Gasteiger partial charge on any atom is -0.462 e. The van der Waals surface area contributed by atoms with Crippen molar-refractivity contribution in [1.29, 1.82) is 0 Å². The molecule has 2 heterocycles. The van der Waals surface area contributed by atoms with E-state index >= 15 is 0 Å². The third-order valence-corrected chi connectivity index (χ3v) is 8.02. The number of rotatable bonds is 13. The molecule has 7 nitrogen and oxygen atoms in total. The Kier molecular flexibility index (Phi) is 10.6. The summed E-state index contributed by atoms with van der Waals surface area (Å²) in [6.45, 7) is 17.5. The van der Waals surface area contributed by atoms with Crippen molar-refractivity contribution in [3.63, 3.8) is 0 Å². The first-order valence-corrected chi connectivity index (χ1v) is 15.0. The van der Waals surface area contributed by atoms with E-state index in [9.17, 15) is 9.59 Å². The van der Waals surface area contributed by atoms with Gasteiger partial charge >= 0.3 is 5.97 Å². The molecule has 0 aliphatic rings. The van der Waals surface area contributed by atoms with Gasteiger partial charge in [-0.15, -0.1) is 10.2 Å². The lowest BCUT2D eigenvalue weighted by atomic mass is 9.86. The molecular formula is C31H44N4O3S. The number of unbranched alkanes of at least 4 members (excludes halogenated alkanes) is 2. The van der Waals surface area contributed by atoms with E-state index in [-0.39, 0.29) is 23.6 Å². The number of aromatic amines is 1. The predicted molar refractivity (Wildman–Crippen MR) is 159 cm³/mol. The average Bonchev–Trinajstić information content (AvgIpc) is 3.41. The number of ketones is 1. The smallest absolute Gasteiger partial charge is 0.340 e. The lowest BCUT2D eigenvalue weighted by Gasteiger charge is -2.19. The van der Waals surface area contributed by atoms with Gasteiger partial charge in [-0.2, -0.15) is 0 Å². The predicted octanol–water partition coefficient (Wildman–Crippen LogP) is 7.56. The number of carbonyl (C=O) groups excluding carboxylic acids is 2. The number of thioether (sulfide) groups is 1. The molecule has 0 aliphatic carbocycles. The molecule has 39 heavy (non-hydrogen) atoms. The Labute approximate surface area is 237 Å². The van der Waals surface area contributed by atoms with Crippen molar-refractivity contribution >= 4 is 23.5 Å². The summed E-state index contributed by atoms with van der Waals surface area (Å²) in [5.41, 5.74) is 4.51. The number of hydrogen-bond acceptors (Lipinski definition) is 6. The van der Waals surface area contributed by atoms with E-state index in [1.165, 1.54) is 36.6 Å². The zero-order chi connectivity index (χ0) is 28.7. The number of nitrogens with one attached hydrogen (secondary N) is 1. The molecule has 3 rings (SSSR count). The van der Waals surface area contributed by atoms with Crippen molar-refractivity contribution in [2.24, 2.45) is 5.92 Å². The highest BCUT2D eigenvalue weighted by atomic mass is 32.2. The number of carbonyl (C=O) groups is 2. The number of aromatic nitrogens is 4. The van der Waals surface area contributed by atoms with Gasteiger partial charge in [0.25, 0.3) is 0 Å². The lowest BCUT2D eigenvalue weighted by Crippen LogP contribution is -2.13. The van der Waals surface area contributed by atoms with Crippen molar-refractivity contribution in [1.82, 2.24) is 19.7 Å². The third-order valence-electron chi connectivity index (χ3n) is 7.05. The summed E-state index contributed by atoms with van der Waals surface area (Å²) < 4.78 is 7.34. The molecule has 212 valence electrons. The van der Waals surface area contributed by atoms with Gasteiger partial charge < -0.3 is 14.3 Å². The summed E-state index contributed by atoms with van der Waals surface area (Å²) in [4.78, 5) is 28.7. The van der Waals surface area contributed by atoms with E-state index in [1.807, 2.05) is 0 Å². The fourth-order valence-electron chi connectivity index (χ4n) is 4.78. The normalized spacial score (nSPS) is 12.5. The SMILES string of the molecule is CCCCC[C@@H](C)Cn1c(SCC(=O)c2[nH]c(C)c(C(=O)OCC)c2C)nnc1-c1ccc(C(C)(C)C)cc1. The number of hydrogen-bond donors (Lipinski definition) is 1.